The molecule has 1 aromatic heterocycles. The molecule has 1 N–H and O–H groups in total. The summed E-state index contributed by atoms with van der Waals surface area (Å²) < 4.78 is 0. The van der Waals surface area contributed by atoms with Crippen LogP contribution in [0.5, 0.6) is 0 Å². The molecule has 2 heterocycles. The van der Waals surface area contributed by atoms with E-state index in [-0.39, 0.29) is 6.54 Å². The third kappa shape index (κ3) is 3.20. The van der Waals surface area contributed by atoms with E-state index in [4.69, 9.17) is 10.1 Å². The summed E-state index contributed by atoms with van der Waals surface area (Å²) in [6, 6.07) is 10.6. The van der Waals surface area contributed by atoms with E-state index in [1.807, 2.05) is 4.90 Å². The van der Waals surface area contributed by atoms with Gasteiger partial charge in [-0.25, -0.2) is 4.98 Å². The van der Waals surface area contributed by atoms with Crippen LogP contribution in [0, 0.1) is 0 Å². The van der Waals surface area contributed by atoms with Crippen LogP contribution in [0.15, 0.2) is 30.3 Å². The summed E-state index contributed by atoms with van der Waals surface area (Å²) in [6.07, 6.45) is 1.03. The Labute approximate surface area is 130 Å². The zero-order chi connectivity index (χ0) is 15.5. The first kappa shape index (κ1) is 14.8. The Morgan fingerprint density at radius 3 is 2.64 bits per heavy atom. The molecule has 1 aliphatic heterocycles. The van der Waals surface area contributed by atoms with Crippen molar-refractivity contribution in [3.63, 3.8) is 0 Å². The Hall–Kier alpha value is -2.14. The molecule has 0 radical (unpaired) electrons. The van der Waals surface area contributed by atoms with Crippen molar-refractivity contribution in [1.29, 1.82) is 0 Å². The van der Waals surface area contributed by atoms with Crippen LogP contribution in [-0.4, -0.2) is 53.7 Å². The number of hydrogen-bond acceptors (Lipinski definition) is 4. The maximum Gasteiger partial charge on any atom is 0.317 e. The summed E-state index contributed by atoms with van der Waals surface area (Å²) in [5, 5.41) is 10.0. The summed E-state index contributed by atoms with van der Waals surface area (Å²) in [4.78, 5) is 19.7. The second-order valence-corrected chi connectivity index (χ2v) is 5.71. The number of nitrogens with zero attached hydrogens (tertiary/aromatic N) is 3. The molecule has 0 spiro atoms. The minimum absolute atomic E-state index is 0.124. The zero-order valence-electron chi connectivity index (χ0n) is 12.8. The van der Waals surface area contributed by atoms with Gasteiger partial charge in [0.15, 0.2) is 0 Å². The third-order valence-corrected chi connectivity index (χ3v) is 4.20. The summed E-state index contributed by atoms with van der Waals surface area (Å²) >= 11 is 0. The van der Waals surface area contributed by atoms with E-state index < -0.39 is 5.97 Å². The molecule has 0 unspecified atom stereocenters. The molecule has 0 amide bonds. The van der Waals surface area contributed by atoms with Crippen LogP contribution in [0.2, 0.25) is 0 Å². The number of fused-ring (bicyclic) bond motifs is 1. The molecule has 1 fully saturated rings. The van der Waals surface area contributed by atoms with Crippen LogP contribution < -0.4 is 4.90 Å². The van der Waals surface area contributed by atoms with Gasteiger partial charge in [0, 0.05) is 31.6 Å². The Balaban J connectivity index is 1.73. The van der Waals surface area contributed by atoms with Crippen molar-refractivity contribution in [3.8, 4) is 0 Å². The van der Waals surface area contributed by atoms with Gasteiger partial charge >= 0.3 is 5.97 Å². The number of benzene rings is 1. The minimum atomic E-state index is -0.760. The van der Waals surface area contributed by atoms with Crippen LogP contribution in [0.25, 0.3) is 10.9 Å². The van der Waals surface area contributed by atoms with Crippen LogP contribution in [0.4, 0.5) is 5.82 Å². The van der Waals surface area contributed by atoms with Gasteiger partial charge in [-0.05, 0) is 36.2 Å². The summed E-state index contributed by atoms with van der Waals surface area (Å²) in [5.41, 5.74) is 2.34. The van der Waals surface area contributed by atoms with Gasteiger partial charge in [-0.2, -0.15) is 0 Å². The largest absolute Gasteiger partial charge is 0.480 e. The Morgan fingerprint density at radius 2 is 1.95 bits per heavy atom. The van der Waals surface area contributed by atoms with Crippen LogP contribution in [0.3, 0.4) is 0 Å². The molecule has 3 rings (SSSR count). The van der Waals surface area contributed by atoms with Crippen LogP contribution in [0.1, 0.15) is 12.5 Å². The predicted octanol–water partition coefficient (Wildman–Crippen LogP) is 2.00. The number of carboxylic acid groups (broad SMARTS) is 1. The van der Waals surface area contributed by atoms with Gasteiger partial charge < -0.3 is 10.0 Å². The number of rotatable bonds is 4. The minimum Gasteiger partial charge on any atom is -0.480 e. The summed E-state index contributed by atoms with van der Waals surface area (Å²) in [5.74, 6) is 0.218. The number of carboxylic acids is 1. The van der Waals surface area contributed by atoms with Gasteiger partial charge in [-0.1, -0.05) is 13.0 Å². The van der Waals surface area contributed by atoms with Crippen LogP contribution >= 0.6 is 0 Å². The van der Waals surface area contributed by atoms with Crippen LogP contribution in [-0.2, 0) is 11.2 Å². The number of piperazine rings is 1. The molecule has 2 aromatic rings. The average Bonchev–Trinajstić information content (AvgIpc) is 2.54. The van der Waals surface area contributed by atoms with Gasteiger partial charge in [0.1, 0.15) is 5.82 Å². The molecule has 0 bridgehead atoms. The van der Waals surface area contributed by atoms with Gasteiger partial charge in [0.05, 0.1) is 12.1 Å². The number of anilines is 1. The van der Waals surface area contributed by atoms with Crippen molar-refractivity contribution in [2.24, 2.45) is 0 Å². The highest BCUT2D eigenvalue weighted by molar-refractivity contribution is 5.81. The van der Waals surface area contributed by atoms with E-state index in [0.29, 0.717) is 0 Å². The Bertz CT molecular complexity index is 679. The number of pyridine rings is 1. The average molecular weight is 299 g/mol. The summed E-state index contributed by atoms with van der Waals surface area (Å²) in [6.45, 7) is 5.44. The molecule has 0 saturated carbocycles. The number of aromatic nitrogens is 1. The van der Waals surface area contributed by atoms with E-state index in [2.05, 4.69) is 42.2 Å². The lowest BCUT2D eigenvalue weighted by molar-refractivity contribution is -0.138. The molecule has 116 valence electrons. The van der Waals surface area contributed by atoms with Crippen molar-refractivity contribution in [2.75, 3.05) is 37.6 Å². The lowest BCUT2D eigenvalue weighted by Crippen LogP contribution is -2.48. The topological polar surface area (TPSA) is 56.7 Å². The SMILES string of the molecule is CCc1ccc2nc(N3CCN(CC(=O)O)CC3)ccc2c1. The van der Waals surface area contributed by atoms with E-state index >= 15 is 0 Å². The second-order valence-electron chi connectivity index (χ2n) is 5.71. The fourth-order valence-electron chi connectivity index (χ4n) is 2.89. The number of hydrogen-bond donors (Lipinski definition) is 1. The fourth-order valence-corrected chi connectivity index (χ4v) is 2.89. The van der Waals surface area contributed by atoms with Gasteiger partial charge in [0.2, 0.25) is 0 Å². The molecule has 1 saturated heterocycles. The smallest absolute Gasteiger partial charge is 0.317 e. The number of aryl methyl sites for hydroxylation is 1. The first-order valence-electron chi connectivity index (χ1n) is 7.74. The molecule has 0 aliphatic carbocycles. The molecule has 1 aliphatic rings. The van der Waals surface area contributed by atoms with Gasteiger partial charge in [-0.3, -0.25) is 9.69 Å². The second kappa shape index (κ2) is 6.32. The number of carbonyl (C=O) groups is 1. The standard InChI is InChI=1S/C17H21N3O2/c1-2-13-3-5-15-14(11-13)4-6-16(18-15)20-9-7-19(8-10-20)12-17(21)22/h3-6,11H,2,7-10,12H2,1H3,(H,21,22). The van der Waals surface area contributed by atoms with E-state index in [1.165, 1.54) is 10.9 Å². The normalized spacial score (nSPS) is 16.1. The third-order valence-electron chi connectivity index (χ3n) is 4.20. The first-order valence-corrected chi connectivity index (χ1v) is 7.74. The monoisotopic (exact) mass is 299 g/mol. The first-order chi connectivity index (χ1) is 10.7. The number of aliphatic carboxylic acids is 1. The lowest BCUT2D eigenvalue weighted by atomic mass is 10.1. The fraction of sp³-hybridized carbons (Fsp3) is 0.412. The maximum atomic E-state index is 10.8. The van der Waals surface area contributed by atoms with E-state index in [1.54, 1.807) is 0 Å². The van der Waals surface area contributed by atoms with E-state index in [9.17, 15) is 4.79 Å². The zero-order valence-corrected chi connectivity index (χ0v) is 12.8. The van der Waals surface area contributed by atoms with Crippen molar-refractivity contribution >= 4 is 22.7 Å². The Morgan fingerprint density at radius 1 is 1.18 bits per heavy atom. The maximum absolute atomic E-state index is 10.8. The van der Waals surface area contributed by atoms with Crippen molar-refractivity contribution < 1.29 is 9.90 Å². The lowest BCUT2D eigenvalue weighted by Gasteiger charge is -2.34. The molecule has 0 atom stereocenters. The van der Waals surface area contributed by atoms with Crippen molar-refractivity contribution in [3.05, 3.63) is 35.9 Å². The molecule has 1 aromatic carbocycles. The molecule has 5 nitrogen and oxygen atoms in total. The molecule has 5 heteroatoms. The van der Waals surface area contributed by atoms with Crippen molar-refractivity contribution in [2.45, 2.75) is 13.3 Å². The van der Waals surface area contributed by atoms with E-state index in [0.717, 1.165) is 43.9 Å². The van der Waals surface area contributed by atoms with Gasteiger partial charge in [0.25, 0.3) is 0 Å². The molecular weight excluding hydrogens is 278 g/mol. The molecular formula is C17H21N3O2. The molecule has 22 heavy (non-hydrogen) atoms. The predicted molar refractivity (Wildman–Crippen MR) is 87.4 cm³/mol. The quantitative estimate of drug-likeness (QED) is 0.936. The van der Waals surface area contributed by atoms with Gasteiger partial charge in [-0.15, -0.1) is 0 Å². The van der Waals surface area contributed by atoms with Crippen molar-refractivity contribution in [1.82, 2.24) is 9.88 Å². The summed E-state index contributed by atoms with van der Waals surface area (Å²) in [7, 11) is 0. The highest BCUT2D eigenvalue weighted by Gasteiger charge is 2.19. The highest BCUT2D eigenvalue weighted by Crippen LogP contribution is 2.20. The highest BCUT2D eigenvalue weighted by atomic mass is 16.4. The Kier molecular flexibility index (Phi) is 4.24.